The van der Waals surface area contributed by atoms with Crippen molar-refractivity contribution in [1.29, 1.82) is 0 Å². The van der Waals surface area contributed by atoms with E-state index in [2.05, 4.69) is 11.4 Å². The second kappa shape index (κ2) is 5.90. The van der Waals surface area contributed by atoms with E-state index in [0.717, 1.165) is 36.1 Å². The van der Waals surface area contributed by atoms with Crippen LogP contribution in [0.2, 0.25) is 5.02 Å². The van der Waals surface area contributed by atoms with E-state index in [9.17, 15) is 4.79 Å². The summed E-state index contributed by atoms with van der Waals surface area (Å²) in [5, 5.41) is 3.69. The van der Waals surface area contributed by atoms with Crippen molar-refractivity contribution in [1.82, 2.24) is 0 Å². The van der Waals surface area contributed by atoms with E-state index in [1.54, 1.807) is 6.07 Å². The number of aryl methyl sites for hydroxylation is 2. The normalized spacial score (nSPS) is 13.6. The van der Waals surface area contributed by atoms with Gasteiger partial charge in [0, 0.05) is 16.3 Å². The number of rotatable bonds is 2. The summed E-state index contributed by atoms with van der Waals surface area (Å²) in [5.41, 5.74) is 5.13. The highest BCUT2D eigenvalue weighted by atomic mass is 35.5. The van der Waals surface area contributed by atoms with E-state index < -0.39 is 0 Å². The van der Waals surface area contributed by atoms with Crippen LogP contribution in [0.5, 0.6) is 0 Å². The minimum Gasteiger partial charge on any atom is -0.322 e. The summed E-state index contributed by atoms with van der Waals surface area (Å²) in [5.74, 6) is -0.0285. The summed E-state index contributed by atoms with van der Waals surface area (Å²) in [6.45, 7) is 1.95. The van der Waals surface area contributed by atoms with Crippen LogP contribution in [0.1, 0.15) is 39.9 Å². The SMILES string of the molecule is Cc1cc(Cl)ccc1NC(=O)c1cccc2c1CCCC2. The number of hydrogen-bond donors (Lipinski definition) is 1. The smallest absolute Gasteiger partial charge is 0.255 e. The Bertz CT molecular complexity index is 694. The number of anilines is 1. The highest BCUT2D eigenvalue weighted by Gasteiger charge is 2.17. The Morgan fingerprint density at radius 1 is 1.14 bits per heavy atom. The lowest BCUT2D eigenvalue weighted by Crippen LogP contribution is -2.17. The molecule has 0 heterocycles. The molecule has 1 amide bonds. The molecule has 0 unspecified atom stereocenters. The number of carbonyl (C=O) groups excluding carboxylic acids is 1. The molecule has 0 aromatic heterocycles. The van der Waals surface area contributed by atoms with E-state index >= 15 is 0 Å². The number of nitrogens with one attached hydrogen (secondary N) is 1. The third-order valence-electron chi connectivity index (χ3n) is 4.08. The average molecular weight is 300 g/mol. The van der Waals surface area contributed by atoms with Crippen molar-refractivity contribution in [2.45, 2.75) is 32.6 Å². The number of benzene rings is 2. The average Bonchev–Trinajstić information content (AvgIpc) is 2.49. The van der Waals surface area contributed by atoms with Gasteiger partial charge in [-0.05, 0) is 73.6 Å². The van der Waals surface area contributed by atoms with Gasteiger partial charge < -0.3 is 5.32 Å². The Morgan fingerprint density at radius 3 is 2.76 bits per heavy atom. The van der Waals surface area contributed by atoms with E-state index in [4.69, 9.17) is 11.6 Å². The molecule has 0 spiro atoms. The van der Waals surface area contributed by atoms with E-state index in [0.29, 0.717) is 5.02 Å². The summed E-state index contributed by atoms with van der Waals surface area (Å²) in [6.07, 6.45) is 4.46. The highest BCUT2D eigenvalue weighted by Crippen LogP contribution is 2.26. The first kappa shape index (κ1) is 14.2. The molecule has 2 aromatic rings. The third kappa shape index (κ3) is 2.96. The fraction of sp³-hybridized carbons (Fsp3) is 0.278. The Balaban J connectivity index is 1.89. The molecule has 1 N–H and O–H groups in total. The molecule has 3 rings (SSSR count). The second-order valence-corrected chi connectivity index (χ2v) is 6.00. The van der Waals surface area contributed by atoms with Crippen LogP contribution in [0.4, 0.5) is 5.69 Å². The van der Waals surface area contributed by atoms with Crippen molar-refractivity contribution >= 4 is 23.2 Å². The van der Waals surface area contributed by atoms with Crippen LogP contribution in [-0.4, -0.2) is 5.91 Å². The highest BCUT2D eigenvalue weighted by molar-refractivity contribution is 6.30. The van der Waals surface area contributed by atoms with Gasteiger partial charge in [0.05, 0.1) is 0 Å². The van der Waals surface area contributed by atoms with Gasteiger partial charge in [-0.3, -0.25) is 4.79 Å². The van der Waals surface area contributed by atoms with Crippen LogP contribution < -0.4 is 5.32 Å². The van der Waals surface area contributed by atoms with E-state index in [-0.39, 0.29) is 5.91 Å². The summed E-state index contributed by atoms with van der Waals surface area (Å²) in [7, 11) is 0. The molecule has 0 fully saturated rings. The minimum absolute atomic E-state index is 0.0285. The standard InChI is InChI=1S/C18H18ClNO/c1-12-11-14(19)9-10-17(12)20-18(21)16-8-4-6-13-5-2-3-7-15(13)16/h4,6,8-11H,2-3,5,7H2,1H3,(H,20,21). The van der Waals surface area contributed by atoms with Gasteiger partial charge in [0.2, 0.25) is 0 Å². The van der Waals surface area contributed by atoms with Crippen molar-refractivity contribution in [3.8, 4) is 0 Å². The predicted octanol–water partition coefficient (Wildman–Crippen LogP) is 4.78. The van der Waals surface area contributed by atoms with Crippen molar-refractivity contribution in [3.63, 3.8) is 0 Å². The maximum Gasteiger partial charge on any atom is 0.255 e. The molecule has 108 valence electrons. The molecule has 21 heavy (non-hydrogen) atoms. The molecule has 0 saturated carbocycles. The topological polar surface area (TPSA) is 29.1 Å². The molecule has 0 atom stereocenters. The maximum atomic E-state index is 12.6. The molecular formula is C18H18ClNO. The van der Waals surface area contributed by atoms with Gasteiger partial charge in [-0.25, -0.2) is 0 Å². The van der Waals surface area contributed by atoms with Gasteiger partial charge in [-0.1, -0.05) is 23.7 Å². The van der Waals surface area contributed by atoms with Crippen LogP contribution in [0.25, 0.3) is 0 Å². The second-order valence-electron chi connectivity index (χ2n) is 5.56. The Kier molecular flexibility index (Phi) is 3.98. The number of halogens is 1. The largest absolute Gasteiger partial charge is 0.322 e. The zero-order valence-electron chi connectivity index (χ0n) is 12.1. The van der Waals surface area contributed by atoms with Crippen LogP contribution in [0.3, 0.4) is 0 Å². The molecule has 2 aromatic carbocycles. The number of hydrogen-bond acceptors (Lipinski definition) is 1. The lowest BCUT2D eigenvalue weighted by molar-refractivity contribution is 0.102. The van der Waals surface area contributed by atoms with Gasteiger partial charge >= 0.3 is 0 Å². The van der Waals surface area contributed by atoms with E-state index in [1.165, 1.54) is 17.5 Å². The van der Waals surface area contributed by atoms with Crippen LogP contribution in [-0.2, 0) is 12.8 Å². The Hall–Kier alpha value is -1.80. The third-order valence-corrected chi connectivity index (χ3v) is 4.31. The molecule has 1 aliphatic carbocycles. The lowest BCUT2D eigenvalue weighted by atomic mass is 9.88. The first-order chi connectivity index (χ1) is 10.1. The van der Waals surface area contributed by atoms with Crippen molar-refractivity contribution in [2.75, 3.05) is 5.32 Å². The minimum atomic E-state index is -0.0285. The summed E-state index contributed by atoms with van der Waals surface area (Å²) < 4.78 is 0. The van der Waals surface area contributed by atoms with Gasteiger partial charge in [-0.15, -0.1) is 0 Å². The maximum absolute atomic E-state index is 12.6. The predicted molar refractivity (Wildman–Crippen MR) is 87.2 cm³/mol. The molecule has 0 radical (unpaired) electrons. The fourth-order valence-corrected chi connectivity index (χ4v) is 3.18. The van der Waals surface area contributed by atoms with Gasteiger partial charge in [-0.2, -0.15) is 0 Å². The zero-order valence-corrected chi connectivity index (χ0v) is 12.8. The molecular weight excluding hydrogens is 282 g/mol. The van der Waals surface area contributed by atoms with Crippen molar-refractivity contribution in [3.05, 3.63) is 63.7 Å². The number of amides is 1. The van der Waals surface area contributed by atoms with E-state index in [1.807, 2.05) is 31.2 Å². The Morgan fingerprint density at radius 2 is 1.95 bits per heavy atom. The molecule has 0 aliphatic heterocycles. The van der Waals surface area contributed by atoms with Gasteiger partial charge in [0.15, 0.2) is 0 Å². The monoisotopic (exact) mass is 299 g/mol. The first-order valence-electron chi connectivity index (χ1n) is 7.33. The molecule has 2 nitrogen and oxygen atoms in total. The quantitative estimate of drug-likeness (QED) is 0.849. The first-order valence-corrected chi connectivity index (χ1v) is 7.71. The van der Waals surface area contributed by atoms with Crippen LogP contribution in [0.15, 0.2) is 36.4 Å². The summed E-state index contributed by atoms with van der Waals surface area (Å²) >= 11 is 5.95. The van der Waals surface area contributed by atoms with Crippen molar-refractivity contribution in [2.24, 2.45) is 0 Å². The van der Waals surface area contributed by atoms with Crippen molar-refractivity contribution < 1.29 is 4.79 Å². The molecule has 0 saturated heterocycles. The van der Waals surface area contributed by atoms with Gasteiger partial charge in [0.25, 0.3) is 5.91 Å². The fourth-order valence-electron chi connectivity index (χ4n) is 2.95. The Labute approximate surface area is 130 Å². The molecule has 3 heteroatoms. The molecule has 0 bridgehead atoms. The van der Waals surface area contributed by atoms with Gasteiger partial charge in [0.1, 0.15) is 0 Å². The summed E-state index contributed by atoms with van der Waals surface area (Å²) in [4.78, 5) is 12.6. The zero-order chi connectivity index (χ0) is 14.8. The lowest BCUT2D eigenvalue weighted by Gasteiger charge is -2.19. The summed E-state index contributed by atoms with van der Waals surface area (Å²) in [6, 6.07) is 11.5. The molecule has 1 aliphatic rings. The number of fused-ring (bicyclic) bond motifs is 1. The number of carbonyl (C=O) groups is 1. The van der Waals surface area contributed by atoms with Crippen LogP contribution >= 0.6 is 11.6 Å². The van der Waals surface area contributed by atoms with Crippen LogP contribution in [0, 0.1) is 6.92 Å².